The lowest BCUT2D eigenvalue weighted by Crippen LogP contribution is -2.27. The second-order valence-corrected chi connectivity index (χ2v) is 5.82. The summed E-state index contributed by atoms with van der Waals surface area (Å²) in [5, 5.41) is 2.66. The van der Waals surface area contributed by atoms with Crippen molar-refractivity contribution in [3.63, 3.8) is 0 Å². The van der Waals surface area contributed by atoms with Gasteiger partial charge in [0.2, 0.25) is 0 Å². The van der Waals surface area contributed by atoms with Crippen molar-refractivity contribution in [3.05, 3.63) is 42.6 Å². The second-order valence-electron chi connectivity index (χ2n) is 5.82. The molecule has 0 saturated carbocycles. The van der Waals surface area contributed by atoms with E-state index in [1.807, 2.05) is 51.3 Å². The fourth-order valence-electron chi connectivity index (χ4n) is 1.92. The van der Waals surface area contributed by atoms with Crippen LogP contribution in [0.3, 0.4) is 0 Å². The van der Waals surface area contributed by atoms with Crippen molar-refractivity contribution >= 4 is 23.2 Å². The lowest BCUT2D eigenvalue weighted by atomic mass is 10.2. The molecule has 0 radical (unpaired) electrons. The highest BCUT2D eigenvalue weighted by Gasteiger charge is 2.17. The third-order valence-electron chi connectivity index (χ3n) is 2.82. The van der Waals surface area contributed by atoms with E-state index >= 15 is 0 Å². The maximum absolute atomic E-state index is 11.7. The van der Waals surface area contributed by atoms with Crippen LogP contribution in [-0.2, 0) is 4.74 Å². The molecule has 2 rings (SSSR count). The Morgan fingerprint density at radius 2 is 2.10 bits per heavy atom. The summed E-state index contributed by atoms with van der Waals surface area (Å²) in [6.07, 6.45) is 7.49. The van der Waals surface area contributed by atoms with Gasteiger partial charge >= 0.3 is 6.09 Å². The summed E-state index contributed by atoms with van der Waals surface area (Å²) in [7, 11) is 0. The zero-order valence-corrected chi connectivity index (χ0v) is 12.6. The molecular formula is C16H21N3O2. The molecule has 0 spiro atoms. The molecule has 1 amide bonds. The summed E-state index contributed by atoms with van der Waals surface area (Å²) in [6, 6.07) is 5.52. The molecule has 0 aliphatic carbocycles. The van der Waals surface area contributed by atoms with Gasteiger partial charge in [-0.3, -0.25) is 5.32 Å². The molecule has 0 unspecified atom stereocenters. The molecule has 0 atom stereocenters. The van der Waals surface area contributed by atoms with E-state index in [9.17, 15) is 4.79 Å². The monoisotopic (exact) mass is 287 g/mol. The first-order valence-electron chi connectivity index (χ1n) is 6.85. The fourth-order valence-corrected chi connectivity index (χ4v) is 1.92. The second kappa shape index (κ2) is 5.91. The molecule has 1 aromatic carbocycles. The van der Waals surface area contributed by atoms with Gasteiger partial charge in [0.25, 0.3) is 0 Å². The first kappa shape index (κ1) is 15.0. The van der Waals surface area contributed by atoms with Crippen molar-refractivity contribution < 1.29 is 9.53 Å². The van der Waals surface area contributed by atoms with Gasteiger partial charge in [-0.15, -0.1) is 0 Å². The zero-order chi connectivity index (χ0) is 15.5. The fraction of sp³-hybridized carbons (Fsp3) is 0.312. The molecule has 1 heterocycles. The number of nitrogen functional groups attached to an aromatic ring is 1. The number of anilines is 3. The van der Waals surface area contributed by atoms with Gasteiger partial charge in [0.15, 0.2) is 0 Å². The lowest BCUT2D eigenvalue weighted by molar-refractivity contribution is 0.0636. The molecule has 1 aliphatic heterocycles. The number of carbonyl (C=O) groups excluding carboxylic acids is 1. The Balaban J connectivity index is 2.07. The Morgan fingerprint density at radius 3 is 2.67 bits per heavy atom. The number of nitrogens with two attached hydrogens (primary N) is 1. The van der Waals surface area contributed by atoms with Crippen molar-refractivity contribution in [2.75, 3.05) is 22.5 Å². The van der Waals surface area contributed by atoms with Crippen LogP contribution in [0.5, 0.6) is 0 Å². The van der Waals surface area contributed by atoms with Crippen molar-refractivity contribution in [2.24, 2.45) is 0 Å². The topological polar surface area (TPSA) is 67.6 Å². The smallest absolute Gasteiger partial charge is 0.412 e. The lowest BCUT2D eigenvalue weighted by Gasteiger charge is -2.22. The highest BCUT2D eigenvalue weighted by Crippen LogP contribution is 2.26. The van der Waals surface area contributed by atoms with Crippen molar-refractivity contribution in [3.8, 4) is 0 Å². The molecule has 0 saturated heterocycles. The molecule has 5 heteroatoms. The predicted molar refractivity (Wildman–Crippen MR) is 86.3 cm³/mol. The third-order valence-corrected chi connectivity index (χ3v) is 2.82. The molecule has 0 bridgehead atoms. The molecule has 112 valence electrons. The molecule has 1 aliphatic rings. The summed E-state index contributed by atoms with van der Waals surface area (Å²) in [5.41, 5.74) is 7.48. The zero-order valence-electron chi connectivity index (χ0n) is 12.6. The minimum atomic E-state index is -0.538. The molecule has 3 N–H and O–H groups in total. The van der Waals surface area contributed by atoms with Crippen LogP contribution < -0.4 is 16.0 Å². The summed E-state index contributed by atoms with van der Waals surface area (Å²) in [4.78, 5) is 13.8. The van der Waals surface area contributed by atoms with E-state index in [4.69, 9.17) is 10.5 Å². The summed E-state index contributed by atoms with van der Waals surface area (Å²) in [5.74, 6) is 0. The molecule has 0 aromatic heterocycles. The number of hydrogen-bond donors (Lipinski definition) is 2. The molecule has 21 heavy (non-hydrogen) atoms. The SMILES string of the molecule is CC(C)(C)OC(=O)Nc1ccc(N2C=CC=CC2)cc1N. The quantitative estimate of drug-likeness (QED) is 0.817. The van der Waals surface area contributed by atoms with Gasteiger partial charge in [-0.25, -0.2) is 4.79 Å². The number of nitrogens with zero attached hydrogens (tertiary/aromatic N) is 1. The van der Waals surface area contributed by atoms with E-state index in [1.165, 1.54) is 0 Å². The highest BCUT2D eigenvalue weighted by atomic mass is 16.6. The van der Waals surface area contributed by atoms with E-state index in [1.54, 1.807) is 6.07 Å². The van der Waals surface area contributed by atoms with E-state index in [2.05, 4.69) is 16.3 Å². The number of carbonyl (C=O) groups is 1. The molecular weight excluding hydrogens is 266 g/mol. The van der Waals surface area contributed by atoms with Gasteiger partial charge < -0.3 is 15.4 Å². The average Bonchev–Trinajstić information content (AvgIpc) is 2.40. The Morgan fingerprint density at radius 1 is 1.33 bits per heavy atom. The highest BCUT2D eigenvalue weighted by molar-refractivity contribution is 5.90. The van der Waals surface area contributed by atoms with Crippen LogP contribution >= 0.6 is 0 Å². The van der Waals surface area contributed by atoms with Gasteiger partial charge in [0.1, 0.15) is 5.60 Å². The van der Waals surface area contributed by atoms with Crippen molar-refractivity contribution in [1.29, 1.82) is 0 Å². The van der Waals surface area contributed by atoms with Crippen LogP contribution in [0.1, 0.15) is 20.8 Å². The number of nitrogens with one attached hydrogen (secondary N) is 1. The van der Waals surface area contributed by atoms with Crippen LogP contribution in [0, 0.1) is 0 Å². The Labute approximate surface area is 125 Å². The number of benzene rings is 1. The third kappa shape index (κ3) is 4.27. The number of ether oxygens (including phenoxy) is 1. The van der Waals surface area contributed by atoms with Gasteiger partial charge in [-0.05, 0) is 45.0 Å². The largest absolute Gasteiger partial charge is 0.444 e. The average molecular weight is 287 g/mol. The Bertz CT molecular complexity index is 586. The Hall–Kier alpha value is -2.43. The first-order chi connectivity index (χ1) is 9.85. The van der Waals surface area contributed by atoms with Crippen molar-refractivity contribution in [2.45, 2.75) is 26.4 Å². The van der Waals surface area contributed by atoms with Gasteiger partial charge in [-0.1, -0.05) is 12.2 Å². The van der Waals surface area contributed by atoms with E-state index in [0.29, 0.717) is 11.4 Å². The first-order valence-corrected chi connectivity index (χ1v) is 6.85. The predicted octanol–water partition coefficient (Wildman–Crippen LogP) is 3.51. The Kier molecular flexibility index (Phi) is 4.21. The van der Waals surface area contributed by atoms with Crippen LogP contribution in [0.2, 0.25) is 0 Å². The van der Waals surface area contributed by atoms with Crippen LogP contribution in [-0.4, -0.2) is 18.2 Å². The maximum Gasteiger partial charge on any atom is 0.412 e. The van der Waals surface area contributed by atoms with Crippen LogP contribution in [0.15, 0.2) is 42.6 Å². The molecule has 5 nitrogen and oxygen atoms in total. The van der Waals surface area contributed by atoms with Gasteiger partial charge in [0.05, 0.1) is 11.4 Å². The molecule has 1 aromatic rings. The van der Waals surface area contributed by atoms with Crippen molar-refractivity contribution in [1.82, 2.24) is 0 Å². The van der Waals surface area contributed by atoms with Crippen LogP contribution in [0.25, 0.3) is 0 Å². The summed E-state index contributed by atoms with van der Waals surface area (Å²) >= 11 is 0. The number of rotatable bonds is 2. The number of hydrogen-bond acceptors (Lipinski definition) is 4. The minimum Gasteiger partial charge on any atom is -0.444 e. The maximum atomic E-state index is 11.7. The standard InChI is InChI=1S/C16H21N3O2/c1-16(2,3)21-15(20)18-14-8-7-12(11-13(14)17)19-9-5-4-6-10-19/h4-9,11H,10,17H2,1-3H3,(H,18,20). The summed E-state index contributed by atoms with van der Waals surface area (Å²) in [6.45, 7) is 6.24. The molecule has 0 fully saturated rings. The normalized spacial score (nSPS) is 14.1. The van der Waals surface area contributed by atoms with Gasteiger partial charge in [0, 0.05) is 18.4 Å². The summed E-state index contributed by atoms with van der Waals surface area (Å²) < 4.78 is 5.21. The van der Waals surface area contributed by atoms with Gasteiger partial charge in [-0.2, -0.15) is 0 Å². The minimum absolute atomic E-state index is 0.501. The van der Waals surface area contributed by atoms with E-state index in [0.717, 1.165) is 12.2 Å². The van der Waals surface area contributed by atoms with Crippen LogP contribution in [0.4, 0.5) is 21.9 Å². The van der Waals surface area contributed by atoms with E-state index in [-0.39, 0.29) is 0 Å². The number of allylic oxidation sites excluding steroid dienone is 2. The van der Waals surface area contributed by atoms with E-state index < -0.39 is 11.7 Å². The number of amides is 1.